The number of ether oxygens (including phenoxy) is 3. The molecule has 0 aromatic heterocycles. The normalized spacial score (nSPS) is 15.4. The number of esters is 1. The number of fused-ring (bicyclic) bond motifs is 1. The number of carbonyl (C=O) groups excluding carboxylic acids is 2. The van der Waals surface area contributed by atoms with Gasteiger partial charge in [0.25, 0.3) is 5.91 Å². The minimum absolute atomic E-state index is 0.00606. The van der Waals surface area contributed by atoms with Crippen molar-refractivity contribution in [3.8, 4) is 11.5 Å². The Morgan fingerprint density at radius 1 is 1.10 bits per heavy atom. The second-order valence-corrected chi connectivity index (χ2v) is 7.87. The van der Waals surface area contributed by atoms with Crippen LogP contribution in [0.1, 0.15) is 6.42 Å². The number of benzene rings is 2. The number of nitrogens with one attached hydrogen (secondary N) is 2. The first-order valence-corrected chi connectivity index (χ1v) is 10.2. The fourth-order valence-electron chi connectivity index (χ4n) is 2.56. The third-order valence-corrected chi connectivity index (χ3v) is 5.56. The lowest BCUT2D eigenvalue weighted by Gasteiger charge is -2.25. The lowest BCUT2D eigenvalue weighted by atomic mass is 10.2. The van der Waals surface area contributed by atoms with Crippen molar-refractivity contribution in [2.45, 2.75) is 17.4 Å². The zero-order chi connectivity index (χ0) is 20.9. The topological polar surface area (TPSA) is 120 Å². The molecule has 1 aliphatic heterocycles. The molecule has 154 valence electrons. The molecule has 1 heterocycles. The zero-order valence-electron chi connectivity index (χ0n) is 15.6. The first-order chi connectivity index (χ1) is 13.9. The summed E-state index contributed by atoms with van der Waals surface area (Å²) in [6.45, 7) is -0.00654. The van der Waals surface area contributed by atoms with E-state index in [-0.39, 0.29) is 24.5 Å². The number of para-hydroxylation sites is 2. The second-order valence-electron chi connectivity index (χ2n) is 6.10. The second kappa shape index (κ2) is 8.93. The quantitative estimate of drug-likeness (QED) is 0.648. The molecule has 2 aromatic rings. The maximum atomic E-state index is 12.4. The lowest BCUT2D eigenvalue weighted by Crippen LogP contribution is -2.40. The molecule has 0 fully saturated rings. The molecule has 0 radical (unpaired) electrons. The summed E-state index contributed by atoms with van der Waals surface area (Å²) in [6.07, 6.45) is -0.899. The number of amides is 1. The summed E-state index contributed by atoms with van der Waals surface area (Å²) in [6, 6.07) is 12.7. The van der Waals surface area contributed by atoms with E-state index < -0.39 is 28.0 Å². The van der Waals surface area contributed by atoms with Crippen molar-refractivity contribution in [1.82, 2.24) is 4.72 Å². The molecule has 2 N–H and O–H groups in total. The highest BCUT2D eigenvalue weighted by Gasteiger charge is 2.27. The van der Waals surface area contributed by atoms with Crippen LogP contribution in [0.3, 0.4) is 0 Å². The molecule has 1 atom stereocenters. The van der Waals surface area contributed by atoms with E-state index in [4.69, 9.17) is 9.47 Å². The van der Waals surface area contributed by atoms with Gasteiger partial charge in [-0.15, -0.1) is 0 Å². The first kappa shape index (κ1) is 20.6. The Kier molecular flexibility index (Phi) is 6.35. The summed E-state index contributed by atoms with van der Waals surface area (Å²) in [5.41, 5.74) is 0.408. The zero-order valence-corrected chi connectivity index (χ0v) is 16.4. The van der Waals surface area contributed by atoms with Crippen molar-refractivity contribution in [2.24, 2.45) is 0 Å². The fraction of sp³-hybridized carbons (Fsp3) is 0.263. The smallest absolute Gasteiger partial charge is 0.306 e. The molecule has 3 rings (SSSR count). The van der Waals surface area contributed by atoms with Crippen LogP contribution in [0.15, 0.2) is 53.4 Å². The molecular formula is C19H20N2O7S. The van der Waals surface area contributed by atoms with Crippen molar-refractivity contribution in [3.05, 3.63) is 48.5 Å². The molecule has 1 amide bonds. The van der Waals surface area contributed by atoms with Gasteiger partial charge >= 0.3 is 5.97 Å². The third kappa shape index (κ3) is 5.24. The van der Waals surface area contributed by atoms with Gasteiger partial charge in [0, 0.05) is 12.2 Å². The van der Waals surface area contributed by atoms with E-state index >= 15 is 0 Å². The molecule has 0 bridgehead atoms. The van der Waals surface area contributed by atoms with Crippen LogP contribution >= 0.6 is 0 Å². The summed E-state index contributed by atoms with van der Waals surface area (Å²) in [5, 5.41) is 2.67. The molecular weight excluding hydrogens is 400 g/mol. The minimum Gasteiger partial charge on any atom is -0.485 e. The molecule has 2 aromatic carbocycles. The molecule has 0 saturated heterocycles. The van der Waals surface area contributed by atoms with Crippen LogP contribution < -0.4 is 19.5 Å². The predicted octanol–water partition coefficient (Wildman–Crippen LogP) is 1.31. The number of rotatable bonds is 7. The van der Waals surface area contributed by atoms with Gasteiger partial charge in [0.15, 0.2) is 11.5 Å². The van der Waals surface area contributed by atoms with Crippen molar-refractivity contribution in [3.63, 3.8) is 0 Å². The number of hydrogen-bond acceptors (Lipinski definition) is 7. The SMILES string of the molecule is COC(=O)CCNS(=O)(=O)c1ccc(NC(=O)C2COc3ccccc3O2)cc1. The summed E-state index contributed by atoms with van der Waals surface area (Å²) >= 11 is 0. The Balaban J connectivity index is 1.57. The molecule has 29 heavy (non-hydrogen) atoms. The Labute approximate surface area is 168 Å². The van der Waals surface area contributed by atoms with E-state index in [2.05, 4.69) is 14.8 Å². The average molecular weight is 420 g/mol. The number of hydrogen-bond donors (Lipinski definition) is 2. The van der Waals surface area contributed by atoms with Crippen molar-refractivity contribution >= 4 is 27.6 Å². The Morgan fingerprint density at radius 2 is 1.79 bits per heavy atom. The Hall–Kier alpha value is -3.11. The van der Waals surface area contributed by atoms with E-state index in [0.717, 1.165) is 0 Å². The largest absolute Gasteiger partial charge is 0.485 e. The van der Waals surface area contributed by atoms with Gasteiger partial charge in [-0.25, -0.2) is 13.1 Å². The fourth-order valence-corrected chi connectivity index (χ4v) is 3.59. The molecule has 9 nitrogen and oxygen atoms in total. The van der Waals surface area contributed by atoms with Crippen LogP contribution in [0.25, 0.3) is 0 Å². The van der Waals surface area contributed by atoms with Crippen molar-refractivity contribution in [2.75, 3.05) is 25.6 Å². The van der Waals surface area contributed by atoms with E-state index in [9.17, 15) is 18.0 Å². The number of anilines is 1. The summed E-state index contributed by atoms with van der Waals surface area (Å²) in [7, 11) is -2.55. The van der Waals surface area contributed by atoms with Crippen LogP contribution in [0.4, 0.5) is 5.69 Å². The monoisotopic (exact) mass is 420 g/mol. The highest BCUT2D eigenvalue weighted by atomic mass is 32.2. The lowest BCUT2D eigenvalue weighted by molar-refractivity contribution is -0.140. The van der Waals surface area contributed by atoms with E-state index in [1.165, 1.54) is 31.4 Å². The van der Waals surface area contributed by atoms with Gasteiger partial charge < -0.3 is 19.5 Å². The number of sulfonamides is 1. The molecule has 0 aliphatic carbocycles. The maximum absolute atomic E-state index is 12.4. The van der Waals surface area contributed by atoms with Gasteiger partial charge in [-0.3, -0.25) is 9.59 Å². The van der Waals surface area contributed by atoms with E-state index in [1.54, 1.807) is 18.2 Å². The van der Waals surface area contributed by atoms with Gasteiger partial charge in [-0.1, -0.05) is 12.1 Å². The van der Waals surface area contributed by atoms with Crippen LogP contribution in [-0.4, -0.2) is 46.7 Å². The predicted molar refractivity (Wildman–Crippen MR) is 103 cm³/mol. The number of methoxy groups -OCH3 is 1. The van der Waals surface area contributed by atoms with Crippen molar-refractivity contribution < 1.29 is 32.2 Å². The summed E-state index contributed by atoms with van der Waals surface area (Å²) in [5.74, 6) is 0.137. The van der Waals surface area contributed by atoms with E-state index in [1.807, 2.05) is 6.07 Å². The van der Waals surface area contributed by atoms with Gasteiger partial charge in [-0.2, -0.15) is 0 Å². The highest BCUT2D eigenvalue weighted by Crippen LogP contribution is 2.31. The Bertz CT molecular complexity index is 990. The molecule has 1 aliphatic rings. The maximum Gasteiger partial charge on any atom is 0.306 e. The molecule has 0 spiro atoms. The van der Waals surface area contributed by atoms with Crippen LogP contribution in [0, 0.1) is 0 Å². The third-order valence-electron chi connectivity index (χ3n) is 4.08. The summed E-state index contributed by atoms with van der Waals surface area (Å²) in [4.78, 5) is 23.5. The first-order valence-electron chi connectivity index (χ1n) is 8.75. The Morgan fingerprint density at radius 3 is 2.48 bits per heavy atom. The van der Waals surface area contributed by atoms with Crippen LogP contribution in [-0.2, 0) is 24.3 Å². The van der Waals surface area contributed by atoms with E-state index in [0.29, 0.717) is 17.2 Å². The van der Waals surface area contributed by atoms with Gasteiger partial charge in [-0.05, 0) is 36.4 Å². The van der Waals surface area contributed by atoms with Crippen molar-refractivity contribution in [1.29, 1.82) is 0 Å². The average Bonchev–Trinajstić information content (AvgIpc) is 2.73. The minimum atomic E-state index is -3.78. The number of carbonyl (C=O) groups is 2. The molecule has 10 heteroatoms. The van der Waals surface area contributed by atoms with Gasteiger partial charge in [0.2, 0.25) is 16.1 Å². The van der Waals surface area contributed by atoms with Gasteiger partial charge in [0.1, 0.15) is 6.61 Å². The summed E-state index contributed by atoms with van der Waals surface area (Å²) < 4.78 is 42.3. The molecule has 0 saturated carbocycles. The van der Waals surface area contributed by atoms with Gasteiger partial charge in [0.05, 0.1) is 18.4 Å². The van der Waals surface area contributed by atoms with Crippen LogP contribution in [0.5, 0.6) is 11.5 Å². The molecule has 1 unspecified atom stereocenters. The highest BCUT2D eigenvalue weighted by molar-refractivity contribution is 7.89. The van der Waals surface area contributed by atoms with Crippen LogP contribution in [0.2, 0.25) is 0 Å². The standard InChI is InChI=1S/C19H20N2O7S/c1-26-18(22)10-11-20-29(24,25)14-8-6-13(7-9-14)21-19(23)17-12-27-15-4-2-3-5-16(15)28-17/h2-9,17,20H,10-12H2,1H3,(H,21,23).